The molecular weight excluding hydrogens is 522 g/mol. The van der Waals surface area contributed by atoms with E-state index in [-0.39, 0.29) is 37.4 Å². The summed E-state index contributed by atoms with van der Waals surface area (Å²) in [4.78, 5) is 29.1. The lowest BCUT2D eigenvalue weighted by molar-refractivity contribution is -0.141. The molecule has 2 amide bonds. The number of rotatable bonds is 14. The number of carbonyl (C=O) groups is 2. The number of amides is 2. The van der Waals surface area contributed by atoms with Crippen LogP contribution < -0.4 is 9.62 Å². The average molecular weight is 564 g/mol. The predicted molar refractivity (Wildman–Crippen MR) is 161 cm³/mol. The number of hydrogen-bond acceptors (Lipinski definition) is 4. The van der Waals surface area contributed by atoms with Gasteiger partial charge in [-0.3, -0.25) is 13.9 Å². The van der Waals surface area contributed by atoms with Gasteiger partial charge in [-0.1, -0.05) is 85.3 Å². The summed E-state index contributed by atoms with van der Waals surface area (Å²) in [5, 5.41) is 3.08. The molecule has 0 bridgehead atoms. The Balaban J connectivity index is 1.88. The average Bonchev–Trinajstić information content (AvgIpc) is 2.94. The number of hydrogen-bond donors (Lipinski definition) is 1. The van der Waals surface area contributed by atoms with Gasteiger partial charge in [-0.25, -0.2) is 8.42 Å². The van der Waals surface area contributed by atoms with Crippen molar-refractivity contribution in [1.29, 1.82) is 0 Å². The van der Waals surface area contributed by atoms with E-state index >= 15 is 0 Å². The molecule has 3 aromatic carbocycles. The third kappa shape index (κ3) is 9.23. The standard InChI is InChI=1S/C32H41N3O4S/c1-5-26(3)33-32(37)30(23-27-13-8-6-9-14-27)34(24-28-20-18-25(2)19-21-28)31(36)17-12-22-35(40(4,38)39)29-15-10-7-11-16-29/h6-11,13-16,18-21,26,30H,5,12,17,22-24H2,1-4H3,(H,33,37). The van der Waals surface area contributed by atoms with E-state index in [0.717, 1.165) is 23.1 Å². The molecule has 1 N–H and O–H groups in total. The summed E-state index contributed by atoms with van der Waals surface area (Å²) < 4.78 is 26.4. The van der Waals surface area contributed by atoms with Gasteiger partial charge >= 0.3 is 0 Å². The summed E-state index contributed by atoms with van der Waals surface area (Å²) in [7, 11) is -3.53. The Morgan fingerprint density at radius 1 is 0.875 bits per heavy atom. The molecule has 8 heteroatoms. The molecule has 0 spiro atoms. The number of carbonyl (C=O) groups excluding carboxylic acids is 2. The van der Waals surface area contributed by atoms with Gasteiger partial charge in [0.2, 0.25) is 21.8 Å². The molecule has 0 fully saturated rings. The van der Waals surface area contributed by atoms with Gasteiger partial charge in [-0.2, -0.15) is 0 Å². The van der Waals surface area contributed by atoms with Crippen molar-refractivity contribution < 1.29 is 18.0 Å². The van der Waals surface area contributed by atoms with Crippen LogP contribution in [0.15, 0.2) is 84.9 Å². The van der Waals surface area contributed by atoms with Gasteiger partial charge in [-0.15, -0.1) is 0 Å². The summed E-state index contributed by atoms with van der Waals surface area (Å²) >= 11 is 0. The lowest BCUT2D eigenvalue weighted by Crippen LogP contribution is -2.52. The minimum Gasteiger partial charge on any atom is -0.352 e. The zero-order chi connectivity index (χ0) is 29.1. The van der Waals surface area contributed by atoms with Gasteiger partial charge in [0.1, 0.15) is 6.04 Å². The number of nitrogens with one attached hydrogen (secondary N) is 1. The molecule has 7 nitrogen and oxygen atoms in total. The van der Waals surface area contributed by atoms with Crippen LogP contribution in [0.3, 0.4) is 0 Å². The monoisotopic (exact) mass is 563 g/mol. The van der Waals surface area contributed by atoms with Crippen molar-refractivity contribution in [2.24, 2.45) is 0 Å². The zero-order valence-corrected chi connectivity index (χ0v) is 24.7. The van der Waals surface area contributed by atoms with Gasteiger partial charge in [0.15, 0.2) is 0 Å². The Kier molecular flexibility index (Phi) is 11.3. The third-order valence-electron chi connectivity index (χ3n) is 6.94. The van der Waals surface area contributed by atoms with Crippen molar-refractivity contribution in [2.75, 3.05) is 17.1 Å². The number of nitrogens with zero attached hydrogens (tertiary/aromatic N) is 2. The normalized spacial score (nSPS) is 12.8. The minimum absolute atomic E-state index is 0.0312. The SMILES string of the molecule is CCC(C)NC(=O)C(Cc1ccccc1)N(Cc1ccc(C)cc1)C(=O)CCCN(c1ccccc1)S(C)(=O)=O. The number of anilines is 1. The van der Waals surface area contributed by atoms with Gasteiger partial charge in [0.25, 0.3) is 0 Å². The van der Waals surface area contributed by atoms with Crippen molar-refractivity contribution in [2.45, 2.75) is 65.1 Å². The van der Waals surface area contributed by atoms with E-state index in [4.69, 9.17) is 0 Å². The Hall–Kier alpha value is -3.65. The highest BCUT2D eigenvalue weighted by Gasteiger charge is 2.31. The highest BCUT2D eigenvalue weighted by Crippen LogP contribution is 2.20. The fraction of sp³-hybridized carbons (Fsp3) is 0.375. The molecule has 0 heterocycles. The Labute approximate surface area is 239 Å². The van der Waals surface area contributed by atoms with E-state index in [1.807, 2.05) is 81.4 Å². The molecule has 2 atom stereocenters. The quantitative estimate of drug-likeness (QED) is 0.296. The first kappa shape index (κ1) is 30.9. The fourth-order valence-electron chi connectivity index (χ4n) is 4.48. The van der Waals surface area contributed by atoms with Crippen LogP contribution in [0.2, 0.25) is 0 Å². The predicted octanol–water partition coefficient (Wildman–Crippen LogP) is 5.10. The zero-order valence-electron chi connectivity index (χ0n) is 23.9. The maximum absolute atomic E-state index is 13.9. The van der Waals surface area contributed by atoms with Crippen molar-refractivity contribution in [1.82, 2.24) is 10.2 Å². The molecule has 0 aliphatic carbocycles. The molecular formula is C32H41N3O4S. The van der Waals surface area contributed by atoms with Crippen molar-refractivity contribution in [3.8, 4) is 0 Å². The summed E-state index contributed by atoms with van der Waals surface area (Å²) in [6.45, 7) is 6.40. The Bertz CT molecular complexity index is 1330. The Morgan fingerprint density at radius 3 is 2.05 bits per heavy atom. The van der Waals surface area contributed by atoms with Crippen LogP contribution in [-0.4, -0.2) is 50.0 Å². The lowest BCUT2D eigenvalue weighted by atomic mass is 10.0. The van der Waals surface area contributed by atoms with Gasteiger partial charge in [-0.05, 0) is 49.9 Å². The van der Waals surface area contributed by atoms with E-state index in [2.05, 4.69) is 5.32 Å². The van der Waals surface area contributed by atoms with E-state index in [1.54, 1.807) is 29.2 Å². The van der Waals surface area contributed by atoms with Crippen LogP contribution in [-0.2, 0) is 32.6 Å². The van der Waals surface area contributed by atoms with Gasteiger partial charge in [0.05, 0.1) is 11.9 Å². The summed E-state index contributed by atoms with van der Waals surface area (Å²) in [6, 6.07) is 25.8. The first-order chi connectivity index (χ1) is 19.1. The fourth-order valence-corrected chi connectivity index (χ4v) is 5.45. The van der Waals surface area contributed by atoms with Gasteiger partial charge < -0.3 is 10.2 Å². The number of aryl methyl sites for hydroxylation is 1. The number of benzene rings is 3. The van der Waals surface area contributed by atoms with E-state index < -0.39 is 16.1 Å². The molecule has 2 unspecified atom stereocenters. The topological polar surface area (TPSA) is 86.8 Å². The maximum atomic E-state index is 13.9. The molecule has 40 heavy (non-hydrogen) atoms. The summed E-state index contributed by atoms with van der Waals surface area (Å²) in [6.07, 6.45) is 2.74. The molecule has 0 aliphatic rings. The molecule has 0 saturated carbocycles. The van der Waals surface area contributed by atoms with Crippen LogP contribution in [0, 0.1) is 6.92 Å². The molecule has 0 aromatic heterocycles. The molecule has 0 saturated heterocycles. The molecule has 3 aromatic rings. The summed E-state index contributed by atoms with van der Waals surface area (Å²) in [5.41, 5.74) is 3.55. The number of sulfonamides is 1. The van der Waals surface area contributed by atoms with Crippen molar-refractivity contribution >= 4 is 27.5 Å². The minimum atomic E-state index is -3.53. The second kappa shape index (κ2) is 14.7. The van der Waals surface area contributed by atoms with Crippen LogP contribution in [0.25, 0.3) is 0 Å². The van der Waals surface area contributed by atoms with Crippen LogP contribution in [0.4, 0.5) is 5.69 Å². The maximum Gasteiger partial charge on any atom is 0.243 e. The second-order valence-electron chi connectivity index (χ2n) is 10.3. The number of para-hydroxylation sites is 1. The van der Waals surface area contributed by atoms with Gasteiger partial charge in [0, 0.05) is 32.0 Å². The largest absolute Gasteiger partial charge is 0.352 e. The molecule has 0 aliphatic heterocycles. The molecule has 214 valence electrons. The molecule has 0 radical (unpaired) electrons. The second-order valence-corrected chi connectivity index (χ2v) is 12.2. The van der Waals surface area contributed by atoms with Crippen LogP contribution in [0.1, 0.15) is 49.8 Å². The van der Waals surface area contributed by atoms with E-state index in [1.165, 1.54) is 10.6 Å². The smallest absolute Gasteiger partial charge is 0.243 e. The lowest BCUT2D eigenvalue weighted by Gasteiger charge is -2.32. The first-order valence-corrected chi connectivity index (χ1v) is 15.7. The highest BCUT2D eigenvalue weighted by atomic mass is 32.2. The van der Waals surface area contributed by atoms with Crippen molar-refractivity contribution in [3.05, 3.63) is 102 Å². The summed E-state index contributed by atoms with van der Waals surface area (Å²) in [5.74, 6) is -0.386. The highest BCUT2D eigenvalue weighted by molar-refractivity contribution is 7.92. The van der Waals surface area contributed by atoms with Crippen molar-refractivity contribution in [3.63, 3.8) is 0 Å². The van der Waals surface area contributed by atoms with Crippen LogP contribution >= 0.6 is 0 Å². The van der Waals surface area contributed by atoms with E-state index in [0.29, 0.717) is 18.5 Å². The van der Waals surface area contributed by atoms with Crippen LogP contribution in [0.5, 0.6) is 0 Å². The Morgan fingerprint density at radius 2 is 1.48 bits per heavy atom. The first-order valence-electron chi connectivity index (χ1n) is 13.8. The third-order valence-corrected chi connectivity index (χ3v) is 8.14. The van der Waals surface area contributed by atoms with E-state index in [9.17, 15) is 18.0 Å². The molecule has 3 rings (SSSR count).